The molecule has 0 atom stereocenters. The first-order chi connectivity index (χ1) is 14.3. The lowest BCUT2D eigenvalue weighted by atomic mass is 9.93. The van der Waals surface area contributed by atoms with Crippen LogP contribution in [0.1, 0.15) is 70.8 Å². The summed E-state index contributed by atoms with van der Waals surface area (Å²) < 4.78 is 6.88. The molecule has 1 heterocycles. The third-order valence-electron chi connectivity index (χ3n) is 5.74. The number of aryl methyl sites for hydroxylation is 2. The average Bonchev–Trinajstić information content (AvgIpc) is 2.71. The number of hydrogen-bond acceptors (Lipinski definition) is 5. The molecule has 0 radical (unpaired) electrons. The fourth-order valence-electron chi connectivity index (χ4n) is 4.14. The van der Waals surface area contributed by atoms with Crippen LogP contribution in [0, 0.1) is 32.1 Å². The highest BCUT2D eigenvalue weighted by atomic mass is 35.5. The van der Waals surface area contributed by atoms with Crippen molar-refractivity contribution in [1.29, 1.82) is 5.26 Å². The molecule has 1 aromatic carbocycles. The third-order valence-corrected chi connectivity index (χ3v) is 6.34. The Morgan fingerprint density at radius 2 is 1.83 bits per heavy atom. The van der Waals surface area contributed by atoms with Crippen molar-refractivity contribution in [2.45, 2.75) is 58.9 Å². The standard InChI is InChI=1S/C23H25ClN2O4/c1-13-9-17(10-14(2)21(13)24)30-12-19(27)20-15(3)18(11-25)22(28)26(23(20)29)16-7-5-4-6-8-16/h9-10,16,29H,4-8,12H2,1-3H3. The Kier molecular flexibility index (Phi) is 6.52. The zero-order valence-corrected chi connectivity index (χ0v) is 18.2. The molecule has 0 saturated heterocycles. The fraction of sp³-hybridized carbons (Fsp3) is 0.435. The van der Waals surface area contributed by atoms with Gasteiger partial charge in [-0.25, -0.2) is 0 Å². The molecular formula is C23H25ClN2O4. The maximum Gasteiger partial charge on any atom is 0.271 e. The van der Waals surface area contributed by atoms with Crippen molar-refractivity contribution in [3.63, 3.8) is 0 Å². The lowest BCUT2D eigenvalue weighted by Crippen LogP contribution is -2.31. The highest BCUT2D eigenvalue weighted by Crippen LogP contribution is 2.33. The van der Waals surface area contributed by atoms with Crippen LogP contribution in [0.5, 0.6) is 11.6 Å². The van der Waals surface area contributed by atoms with Crippen LogP contribution in [0.2, 0.25) is 5.02 Å². The van der Waals surface area contributed by atoms with Gasteiger partial charge in [0.15, 0.2) is 6.61 Å². The first kappa shape index (κ1) is 21.9. The first-order valence-electron chi connectivity index (χ1n) is 10.1. The Labute approximate surface area is 180 Å². The average molecular weight is 429 g/mol. The number of nitriles is 1. The second kappa shape index (κ2) is 8.93. The van der Waals surface area contributed by atoms with Crippen molar-refractivity contribution in [2.24, 2.45) is 0 Å². The Balaban J connectivity index is 1.97. The fourth-order valence-corrected chi connectivity index (χ4v) is 4.25. The zero-order chi connectivity index (χ0) is 22.0. The van der Waals surface area contributed by atoms with Gasteiger partial charge in [-0.1, -0.05) is 30.9 Å². The minimum Gasteiger partial charge on any atom is -0.494 e. The zero-order valence-electron chi connectivity index (χ0n) is 17.4. The number of rotatable bonds is 5. The Bertz CT molecular complexity index is 1070. The number of carbonyl (C=O) groups excluding carboxylic acids is 1. The molecule has 1 aliphatic carbocycles. The number of aromatic nitrogens is 1. The maximum absolute atomic E-state index is 13.0. The molecule has 6 nitrogen and oxygen atoms in total. The number of ether oxygens (including phenoxy) is 1. The molecule has 0 spiro atoms. The minimum atomic E-state index is -0.541. The van der Waals surface area contributed by atoms with Gasteiger partial charge in [0, 0.05) is 11.1 Å². The molecule has 0 amide bonds. The van der Waals surface area contributed by atoms with Crippen LogP contribution in [0.3, 0.4) is 0 Å². The van der Waals surface area contributed by atoms with Gasteiger partial charge in [0.25, 0.3) is 5.56 Å². The van der Waals surface area contributed by atoms with E-state index >= 15 is 0 Å². The van der Waals surface area contributed by atoms with Gasteiger partial charge in [0.05, 0.1) is 5.56 Å². The molecule has 30 heavy (non-hydrogen) atoms. The van der Waals surface area contributed by atoms with Crippen LogP contribution < -0.4 is 10.3 Å². The Morgan fingerprint density at radius 3 is 2.40 bits per heavy atom. The van der Waals surface area contributed by atoms with Gasteiger partial charge in [0.1, 0.15) is 17.4 Å². The SMILES string of the molecule is Cc1cc(OCC(=O)c2c(C)c(C#N)c(=O)n(C3CCCCC3)c2O)cc(C)c1Cl. The highest BCUT2D eigenvalue weighted by molar-refractivity contribution is 6.32. The van der Waals surface area contributed by atoms with Crippen molar-refractivity contribution in [3.8, 4) is 17.7 Å². The number of carbonyl (C=O) groups is 1. The van der Waals surface area contributed by atoms with Crippen molar-refractivity contribution in [3.05, 3.63) is 55.3 Å². The molecule has 0 unspecified atom stereocenters. The van der Waals surface area contributed by atoms with E-state index in [4.69, 9.17) is 16.3 Å². The van der Waals surface area contributed by atoms with Gasteiger partial charge in [-0.3, -0.25) is 14.2 Å². The highest BCUT2D eigenvalue weighted by Gasteiger charge is 2.28. The molecule has 1 saturated carbocycles. The van der Waals surface area contributed by atoms with E-state index in [0.717, 1.165) is 43.2 Å². The normalized spacial score (nSPS) is 14.4. The number of aromatic hydroxyl groups is 1. The van der Waals surface area contributed by atoms with Gasteiger partial charge >= 0.3 is 0 Å². The number of benzene rings is 1. The topological polar surface area (TPSA) is 92.3 Å². The molecule has 1 N–H and O–H groups in total. The summed E-state index contributed by atoms with van der Waals surface area (Å²) in [6.07, 6.45) is 4.41. The van der Waals surface area contributed by atoms with E-state index in [9.17, 15) is 20.0 Å². The second-order valence-electron chi connectivity index (χ2n) is 7.86. The minimum absolute atomic E-state index is 0.0286. The summed E-state index contributed by atoms with van der Waals surface area (Å²) in [5.74, 6) is -0.377. The smallest absolute Gasteiger partial charge is 0.271 e. The molecule has 1 aliphatic rings. The molecule has 3 rings (SSSR count). The molecule has 1 fully saturated rings. The Hall–Kier alpha value is -2.78. The van der Waals surface area contributed by atoms with Crippen molar-refractivity contribution in [2.75, 3.05) is 6.61 Å². The van der Waals surface area contributed by atoms with Crippen molar-refractivity contribution in [1.82, 2.24) is 4.57 Å². The van der Waals surface area contributed by atoms with E-state index in [-0.39, 0.29) is 35.2 Å². The number of Topliss-reactive ketones (excluding diaryl/α,β-unsaturated/α-hetero) is 1. The quantitative estimate of drug-likeness (QED) is 0.692. The number of ketones is 1. The lowest BCUT2D eigenvalue weighted by Gasteiger charge is -2.26. The van der Waals surface area contributed by atoms with Gasteiger partial charge in [-0.15, -0.1) is 0 Å². The lowest BCUT2D eigenvalue weighted by molar-refractivity contribution is 0.0915. The van der Waals surface area contributed by atoms with Gasteiger partial charge in [-0.05, 0) is 62.4 Å². The van der Waals surface area contributed by atoms with Gasteiger partial charge in [0.2, 0.25) is 11.7 Å². The van der Waals surface area contributed by atoms with Gasteiger partial charge in [-0.2, -0.15) is 5.26 Å². The van der Waals surface area contributed by atoms with Crippen LogP contribution in [-0.4, -0.2) is 22.1 Å². The summed E-state index contributed by atoms with van der Waals surface area (Å²) >= 11 is 6.17. The monoisotopic (exact) mass is 428 g/mol. The molecule has 0 bridgehead atoms. The summed E-state index contributed by atoms with van der Waals surface area (Å²) in [5, 5.41) is 21.0. The predicted octanol–water partition coefficient (Wildman–Crippen LogP) is 4.77. The maximum atomic E-state index is 13.0. The summed E-state index contributed by atoms with van der Waals surface area (Å²) in [4.78, 5) is 25.8. The molecule has 2 aromatic rings. The van der Waals surface area contributed by atoms with E-state index in [1.165, 1.54) is 11.5 Å². The molecule has 0 aliphatic heterocycles. The van der Waals surface area contributed by atoms with E-state index in [1.807, 2.05) is 19.9 Å². The number of nitrogens with zero attached hydrogens (tertiary/aromatic N) is 2. The predicted molar refractivity (Wildman–Crippen MR) is 115 cm³/mol. The Morgan fingerprint density at radius 1 is 1.23 bits per heavy atom. The van der Waals surface area contributed by atoms with E-state index < -0.39 is 11.3 Å². The summed E-state index contributed by atoms with van der Waals surface area (Å²) in [6, 6.07) is 5.16. The van der Waals surface area contributed by atoms with E-state index in [2.05, 4.69) is 0 Å². The number of hydrogen-bond donors (Lipinski definition) is 1. The summed E-state index contributed by atoms with van der Waals surface area (Å²) in [5.41, 5.74) is 1.16. The largest absolute Gasteiger partial charge is 0.494 e. The second-order valence-corrected chi connectivity index (χ2v) is 8.24. The summed E-state index contributed by atoms with van der Waals surface area (Å²) in [6.45, 7) is 4.87. The van der Waals surface area contributed by atoms with Crippen LogP contribution in [0.15, 0.2) is 16.9 Å². The molecule has 7 heteroatoms. The van der Waals surface area contributed by atoms with Crippen LogP contribution >= 0.6 is 11.6 Å². The third kappa shape index (κ3) is 4.08. The number of pyridine rings is 1. The molecular weight excluding hydrogens is 404 g/mol. The van der Waals surface area contributed by atoms with Crippen molar-refractivity contribution < 1.29 is 14.6 Å². The molecule has 158 valence electrons. The summed E-state index contributed by atoms with van der Waals surface area (Å²) in [7, 11) is 0. The molecule has 1 aromatic heterocycles. The van der Waals surface area contributed by atoms with Crippen LogP contribution in [0.25, 0.3) is 0 Å². The van der Waals surface area contributed by atoms with Crippen LogP contribution in [-0.2, 0) is 0 Å². The van der Waals surface area contributed by atoms with Gasteiger partial charge < -0.3 is 9.84 Å². The number of halogens is 1. The van der Waals surface area contributed by atoms with Crippen LogP contribution in [0.4, 0.5) is 0 Å². The van der Waals surface area contributed by atoms with Crippen molar-refractivity contribution >= 4 is 17.4 Å². The van der Waals surface area contributed by atoms with E-state index in [0.29, 0.717) is 10.8 Å². The first-order valence-corrected chi connectivity index (χ1v) is 10.4. The van der Waals surface area contributed by atoms with E-state index in [1.54, 1.807) is 12.1 Å².